The molecule has 2 aromatic heterocycles. The van der Waals surface area contributed by atoms with Crippen molar-refractivity contribution in [1.82, 2.24) is 19.5 Å². The topological polar surface area (TPSA) is 96.1 Å². The van der Waals surface area contributed by atoms with Gasteiger partial charge < -0.3 is 0 Å². The van der Waals surface area contributed by atoms with E-state index in [0.29, 0.717) is 35.4 Å². The summed E-state index contributed by atoms with van der Waals surface area (Å²) in [6, 6.07) is 8.20. The fourth-order valence-corrected chi connectivity index (χ4v) is 6.50. The van der Waals surface area contributed by atoms with E-state index in [1.165, 1.54) is 3.57 Å². The molecular weight excluding hydrogens is 548 g/mol. The number of aromatic nitrogens is 4. The Morgan fingerprint density at radius 3 is 2.93 bits per heavy atom. The Labute approximate surface area is 180 Å². The quantitative estimate of drug-likeness (QED) is 0.250. The van der Waals surface area contributed by atoms with E-state index in [1.807, 2.05) is 22.8 Å². The molecule has 4 rings (SSSR count). The molecule has 0 amide bonds. The second kappa shape index (κ2) is 8.18. The predicted octanol–water partition coefficient (Wildman–Crippen LogP) is 2.34. The minimum absolute atomic E-state index is 0.0291. The summed E-state index contributed by atoms with van der Waals surface area (Å²) in [5, 5.41) is 24.0. The van der Waals surface area contributed by atoms with E-state index in [0.717, 1.165) is 5.56 Å². The Morgan fingerprint density at radius 1 is 1.33 bits per heavy atom. The molecule has 1 saturated heterocycles. The number of halogens is 2. The first-order chi connectivity index (χ1) is 13.0. The molecule has 1 unspecified atom stereocenters. The van der Waals surface area contributed by atoms with Crippen molar-refractivity contribution < 1.29 is 10.2 Å². The van der Waals surface area contributed by atoms with Crippen LogP contribution in [0.1, 0.15) is 5.56 Å². The summed E-state index contributed by atoms with van der Waals surface area (Å²) in [6.07, 6.45) is 0.367. The molecule has 142 valence electrons. The van der Waals surface area contributed by atoms with Crippen molar-refractivity contribution >= 4 is 66.1 Å². The Hall–Kier alpha value is -0.971. The van der Waals surface area contributed by atoms with Crippen molar-refractivity contribution in [1.29, 1.82) is 0 Å². The van der Waals surface area contributed by atoms with Gasteiger partial charge in [-0.25, -0.2) is 0 Å². The standard InChI is InChI=1S/C17H17ClIN5O2Se/c18-17-22-15(20-5-9-2-1-3-10(19)4-9)13-16(23-17)24(8-21-13)6-12-14(26)11(25)7-27-12/h1-4,8,11-12,14,25-26H,5-7H2,(H,20,22,23)/t11-,12-,14?/m0/s1. The molecule has 1 aliphatic heterocycles. The van der Waals surface area contributed by atoms with Crippen molar-refractivity contribution in [2.24, 2.45) is 0 Å². The van der Waals surface area contributed by atoms with Gasteiger partial charge in [0.1, 0.15) is 0 Å². The molecule has 0 aliphatic carbocycles. The zero-order valence-corrected chi connectivity index (χ0v) is 18.7. The molecule has 0 bridgehead atoms. The van der Waals surface area contributed by atoms with Gasteiger partial charge in [-0.05, 0) is 0 Å². The number of nitrogens with one attached hydrogen (secondary N) is 1. The van der Waals surface area contributed by atoms with Crippen LogP contribution < -0.4 is 5.32 Å². The number of fused-ring (bicyclic) bond motifs is 1. The Morgan fingerprint density at radius 2 is 2.19 bits per heavy atom. The average Bonchev–Trinajstić information content (AvgIpc) is 3.18. The predicted molar refractivity (Wildman–Crippen MR) is 113 cm³/mol. The molecular formula is C17H17ClIN5O2Se. The number of hydrogen-bond donors (Lipinski definition) is 3. The Kier molecular flexibility index (Phi) is 5.86. The van der Waals surface area contributed by atoms with Crippen LogP contribution in [0, 0.1) is 3.57 Å². The summed E-state index contributed by atoms with van der Waals surface area (Å²) in [5.74, 6) is 0.583. The molecule has 3 atom stereocenters. The van der Waals surface area contributed by atoms with Crippen molar-refractivity contribution in [3.8, 4) is 0 Å². The first-order valence-corrected chi connectivity index (χ1v) is 12.0. The molecule has 7 nitrogen and oxygen atoms in total. The van der Waals surface area contributed by atoms with Crippen LogP contribution in [0.5, 0.6) is 0 Å². The van der Waals surface area contributed by atoms with Crippen molar-refractivity contribution in [2.45, 2.75) is 35.4 Å². The molecule has 0 radical (unpaired) electrons. The van der Waals surface area contributed by atoms with Gasteiger partial charge in [-0.3, -0.25) is 0 Å². The van der Waals surface area contributed by atoms with Gasteiger partial charge in [-0.1, -0.05) is 0 Å². The Balaban J connectivity index is 1.58. The molecule has 1 aromatic carbocycles. The summed E-state index contributed by atoms with van der Waals surface area (Å²) in [7, 11) is 0. The molecule has 10 heteroatoms. The summed E-state index contributed by atoms with van der Waals surface area (Å²) >= 11 is 8.60. The SMILES string of the molecule is OC1[C@H](Cn2cnc3c(NCc4cccc(I)c4)nc(Cl)nc32)[Se]C[C@@H]1O. The van der Waals surface area contributed by atoms with Gasteiger partial charge in [0.25, 0.3) is 0 Å². The third kappa shape index (κ3) is 4.23. The number of hydrogen-bond acceptors (Lipinski definition) is 6. The number of aliphatic hydroxyl groups is 2. The van der Waals surface area contributed by atoms with Crippen LogP contribution >= 0.6 is 34.2 Å². The molecule has 1 aliphatic rings. The third-order valence-electron chi connectivity index (χ3n) is 4.42. The van der Waals surface area contributed by atoms with Crippen molar-refractivity contribution in [3.63, 3.8) is 0 Å². The molecule has 3 heterocycles. The third-order valence-corrected chi connectivity index (χ3v) is 8.17. The monoisotopic (exact) mass is 565 g/mol. The summed E-state index contributed by atoms with van der Waals surface area (Å²) in [6.45, 7) is 1.15. The number of nitrogens with zero attached hydrogens (tertiary/aromatic N) is 4. The van der Waals surface area contributed by atoms with Crippen LogP contribution in [0.2, 0.25) is 15.4 Å². The fourth-order valence-electron chi connectivity index (χ4n) is 3.03. The first-order valence-electron chi connectivity index (χ1n) is 8.35. The maximum atomic E-state index is 10.1. The molecule has 0 saturated carbocycles. The van der Waals surface area contributed by atoms with Crippen LogP contribution in [0.15, 0.2) is 30.6 Å². The van der Waals surface area contributed by atoms with Gasteiger partial charge in [0.15, 0.2) is 0 Å². The number of benzene rings is 1. The van der Waals surface area contributed by atoms with E-state index >= 15 is 0 Å². The summed E-state index contributed by atoms with van der Waals surface area (Å²) < 4.78 is 3.05. The van der Waals surface area contributed by atoms with Crippen LogP contribution in [-0.2, 0) is 13.1 Å². The molecule has 0 spiro atoms. The van der Waals surface area contributed by atoms with Gasteiger partial charge >= 0.3 is 182 Å². The van der Waals surface area contributed by atoms with Crippen molar-refractivity contribution in [3.05, 3.63) is 45.0 Å². The van der Waals surface area contributed by atoms with Gasteiger partial charge in [-0.2, -0.15) is 0 Å². The van der Waals surface area contributed by atoms with E-state index in [4.69, 9.17) is 11.6 Å². The number of aliphatic hydroxyl groups excluding tert-OH is 2. The van der Waals surface area contributed by atoms with Crippen LogP contribution in [-0.4, -0.2) is 56.9 Å². The van der Waals surface area contributed by atoms with Gasteiger partial charge in [0, 0.05) is 0 Å². The van der Waals surface area contributed by atoms with E-state index in [-0.39, 0.29) is 25.1 Å². The van der Waals surface area contributed by atoms with E-state index in [2.05, 4.69) is 48.9 Å². The molecule has 1 fully saturated rings. The molecule has 3 N–H and O–H groups in total. The second-order valence-corrected chi connectivity index (χ2v) is 10.6. The second-order valence-electron chi connectivity index (χ2n) is 6.32. The van der Waals surface area contributed by atoms with Gasteiger partial charge in [0.2, 0.25) is 0 Å². The zero-order valence-electron chi connectivity index (χ0n) is 14.1. The number of imidazole rings is 1. The van der Waals surface area contributed by atoms with Crippen LogP contribution in [0.3, 0.4) is 0 Å². The van der Waals surface area contributed by atoms with Crippen LogP contribution in [0.4, 0.5) is 5.82 Å². The van der Waals surface area contributed by atoms with E-state index in [9.17, 15) is 10.2 Å². The average molecular weight is 565 g/mol. The van der Waals surface area contributed by atoms with E-state index < -0.39 is 12.2 Å². The summed E-state index contributed by atoms with van der Waals surface area (Å²) in [5.41, 5.74) is 2.41. The number of rotatable bonds is 5. The molecule has 3 aromatic rings. The summed E-state index contributed by atoms with van der Waals surface area (Å²) in [4.78, 5) is 13.1. The van der Waals surface area contributed by atoms with Crippen molar-refractivity contribution in [2.75, 3.05) is 5.32 Å². The Bertz CT molecular complexity index is 972. The van der Waals surface area contributed by atoms with Gasteiger partial charge in [0.05, 0.1) is 0 Å². The minimum atomic E-state index is -0.696. The van der Waals surface area contributed by atoms with E-state index in [1.54, 1.807) is 6.33 Å². The van der Waals surface area contributed by atoms with Crippen LogP contribution in [0.25, 0.3) is 11.2 Å². The normalized spacial score (nSPS) is 22.4. The zero-order chi connectivity index (χ0) is 19.0. The number of anilines is 1. The van der Waals surface area contributed by atoms with Gasteiger partial charge in [-0.15, -0.1) is 0 Å². The molecule has 27 heavy (non-hydrogen) atoms. The maximum absolute atomic E-state index is 10.1. The fraction of sp³-hybridized carbons (Fsp3) is 0.353. The first kappa shape index (κ1) is 19.4.